The quantitative estimate of drug-likeness (QED) is 0.524. The Bertz CT molecular complexity index is 107. The molecule has 0 aromatic heterocycles. The van der Waals surface area contributed by atoms with Crippen molar-refractivity contribution in [2.24, 2.45) is 5.92 Å². The Labute approximate surface area is 56.7 Å². The Kier molecular flexibility index (Phi) is 2.15. The summed E-state index contributed by atoms with van der Waals surface area (Å²) in [4.78, 5) is 0. The first kappa shape index (κ1) is 6.66. The lowest BCUT2D eigenvalue weighted by Crippen LogP contribution is -2.20. The molecule has 2 atom stereocenters. The Hall–Kier alpha value is -0.460. The van der Waals surface area contributed by atoms with Crippen molar-refractivity contribution in [3.8, 4) is 0 Å². The number of rotatable bonds is 1. The van der Waals surface area contributed by atoms with Crippen LogP contribution in [0.25, 0.3) is 0 Å². The van der Waals surface area contributed by atoms with Crippen molar-refractivity contribution >= 4 is 0 Å². The van der Waals surface area contributed by atoms with Crippen LogP contribution in [0.4, 0.5) is 0 Å². The van der Waals surface area contributed by atoms with Crippen molar-refractivity contribution in [2.75, 3.05) is 0 Å². The van der Waals surface area contributed by atoms with Gasteiger partial charge in [0.25, 0.3) is 0 Å². The molecule has 1 heterocycles. The lowest BCUT2D eigenvalue weighted by molar-refractivity contribution is 0.0769. The summed E-state index contributed by atoms with van der Waals surface area (Å²) in [7, 11) is 0. The zero-order chi connectivity index (χ0) is 6.69. The standard InChI is InChI=1S/C8H14O/c1-3-8-7(2)5-4-6-9-8/h4,6-8H,3,5H2,1-2H3. The van der Waals surface area contributed by atoms with Crippen LogP contribution in [0.5, 0.6) is 0 Å². The molecule has 1 aliphatic heterocycles. The van der Waals surface area contributed by atoms with Crippen molar-refractivity contribution < 1.29 is 4.74 Å². The Balaban J connectivity index is 2.43. The SMILES string of the molecule is CCC1OC=CCC1C. The van der Waals surface area contributed by atoms with Gasteiger partial charge in [-0.3, -0.25) is 0 Å². The van der Waals surface area contributed by atoms with Gasteiger partial charge in [-0.1, -0.05) is 13.8 Å². The minimum atomic E-state index is 0.468. The van der Waals surface area contributed by atoms with Gasteiger partial charge < -0.3 is 4.74 Å². The van der Waals surface area contributed by atoms with Crippen LogP contribution in [0.3, 0.4) is 0 Å². The molecule has 1 rings (SSSR count). The third-order valence-electron chi connectivity index (χ3n) is 1.89. The molecule has 52 valence electrons. The number of hydrogen-bond donors (Lipinski definition) is 0. The van der Waals surface area contributed by atoms with E-state index in [4.69, 9.17) is 4.74 Å². The molecule has 0 saturated carbocycles. The fraction of sp³-hybridized carbons (Fsp3) is 0.750. The highest BCUT2D eigenvalue weighted by Crippen LogP contribution is 2.19. The zero-order valence-corrected chi connectivity index (χ0v) is 6.13. The van der Waals surface area contributed by atoms with Crippen LogP contribution in [0.15, 0.2) is 12.3 Å². The van der Waals surface area contributed by atoms with Gasteiger partial charge in [0, 0.05) is 0 Å². The molecule has 1 aliphatic rings. The van der Waals surface area contributed by atoms with E-state index >= 15 is 0 Å². The van der Waals surface area contributed by atoms with E-state index in [1.807, 2.05) is 6.26 Å². The van der Waals surface area contributed by atoms with Crippen LogP contribution in [0.1, 0.15) is 26.7 Å². The highest BCUT2D eigenvalue weighted by atomic mass is 16.5. The maximum atomic E-state index is 5.36. The van der Waals surface area contributed by atoms with Gasteiger partial charge >= 0.3 is 0 Å². The fourth-order valence-electron chi connectivity index (χ4n) is 1.21. The third kappa shape index (κ3) is 1.47. The highest BCUT2D eigenvalue weighted by Gasteiger charge is 2.16. The lowest BCUT2D eigenvalue weighted by Gasteiger charge is -2.24. The fourth-order valence-corrected chi connectivity index (χ4v) is 1.21. The minimum absolute atomic E-state index is 0.468. The molecule has 1 nitrogen and oxygen atoms in total. The second-order valence-electron chi connectivity index (χ2n) is 2.67. The first-order valence-corrected chi connectivity index (χ1v) is 3.65. The minimum Gasteiger partial charge on any atom is -0.498 e. The van der Waals surface area contributed by atoms with Gasteiger partial charge in [0.05, 0.1) is 6.26 Å². The van der Waals surface area contributed by atoms with E-state index in [0.29, 0.717) is 12.0 Å². The molecule has 0 saturated heterocycles. The molecular formula is C8H14O. The van der Waals surface area contributed by atoms with Gasteiger partial charge in [-0.15, -0.1) is 0 Å². The van der Waals surface area contributed by atoms with E-state index in [1.165, 1.54) is 6.42 Å². The summed E-state index contributed by atoms with van der Waals surface area (Å²) in [5.74, 6) is 0.708. The molecule has 0 aliphatic carbocycles. The van der Waals surface area contributed by atoms with Crippen molar-refractivity contribution in [3.05, 3.63) is 12.3 Å². The average molecular weight is 126 g/mol. The predicted molar refractivity (Wildman–Crippen MR) is 38.1 cm³/mol. The lowest BCUT2D eigenvalue weighted by atomic mass is 9.97. The number of allylic oxidation sites excluding steroid dienone is 1. The topological polar surface area (TPSA) is 9.23 Å². The van der Waals surface area contributed by atoms with Crippen LogP contribution >= 0.6 is 0 Å². The van der Waals surface area contributed by atoms with Crippen molar-refractivity contribution in [1.29, 1.82) is 0 Å². The van der Waals surface area contributed by atoms with Crippen molar-refractivity contribution in [1.82, 2.24) is 0 Å². The van der Waals surface area contributed by atoms with Crippen LogP contribution in [0.2, 0.25) is 0 Å². The zero-order valence-electron chi connectivity index (χ0n) is 6.13. The molecular weight excluding hydrogens is 112 g/mol. The maximum Gasteiger partial charge on any atom is 0.100 e. The molecule has 0 aromatic rings. The van der Waals surface area contributed by atoms with E-state index < -0.39 is 0 Å². The molecule has 0 N–H and O–H groups in total. The van der Waals surface area contributed by atoms with Gasteiger partial charge in [0.1, 0.15) is 6.10 Å². The van der Waals surface area contributed by atoms with Gasteiger partial charge in [0.2, 0.25) is 0 Å². The monoisotopic (exact) mass is 126 g/mol. The van der Waals surface area contributed by atoms with Crippen LogP contribution in [-0.2, 0) is 4.74 Å². The van der Waals surface area contributed by atoms with E-state index in [0.717, 1.165) is 6.42 Å². The summed E-state index contributed by atoms with van der Waals surface area (Å²) >= 11 is 0. The van der Waals surface area contributed by atoms with Gasteiger partial charge in [-0.25, -0.2) is 0 Å². The molecule has 0 spiro atoms. The van der Waals surface area contributed by atoms with Crippen molar-refractivity contribution in [3.63, 3.8) is 0 Å². The van der Waals surface area contributed by atoms with E-state index in [-0.39, 0.29) is 0 Å². The summed E-state index contributed by atoms with van der Waals surface area (Å²) < 4.78 is 5.36. The molecule has 0 aromatic carbocycles. The Morgan fingerprint density at radius 3 is 2.89 bits per heavy atom. The summed E-state index contributed by atoms with van der Waals surface area (Å²) in [5.41, 5.74) is 0. The Morgan fingerprint density at radius 1 is 1.67 bits per heavy atom. The van der Waals surface area contributed by atoms with Crippen LogP contribution in [-0.4, -0.2) is 6.10 Å². The maximum absolute atomic E-state index is 5.36. The van der Waals surface area contributed by atoms with E-state index in [2.05, 4.69) is 19.9 Å². The molecule has 0 radical (unpaired) electrons. The first-order valence-electron chi connectivity index (χ1n) is 3.65. The average Bonchev–Trinajstić information content (AvgIpc) is 1.89. The second-order valence-corrected chi connectivity index (χ2v) is 2.67. The summed E-state index contributed by atoms with van der Waals surface area (Å²) in [6.07, 6.45) is 6.70. The van der Waals surface area contributed by atoms with E-state index in [9.17, 15) is 0 Å². The summed E-state index contributed by atoms with van der Waals surface area (Å²) in [6, 6.07) is 0. The van der Waals surface area contributed by atoms with Gasteiger partial charge in [0.15, 0.2) is 0 Å². The Morgan fingerprint density at radius 2 is 2.44 bits per heavy atom. The molecule has 0 bridgehead atoms. The molecule has 0 amide bonds. The summed E-state index contributed by atoms with van der Waals surface area (Å²) in [5, 5.41) is 0. The first-order chi connectivity index (χ1) is 4.34. The normalized spacial score (nSPS) is 34.0. The van der Waals surface area contributed by atoms with Crippen LogP contribution in [0, 0.1) is 5.92 Å². The van der Waals surface area contributed by atoms with Gasteiger partial charge in [-0.2, -0.15) is 0 Å². The largest absolute Gasteiger partial charge is 0.498 e. The highest BCUT2D eigenvalue weighted by molar-refractivity contribution is 4.85. The van der Waals surface area contributed by atoms with E-state index in [1.54, 1.807) is 0 Å². The molecule has 0 fully saturated rings. The number of hydrogen-bond acceptors (Lipinski definition) is 1. The summed E-state index contributed by atoms with van der Waals surface area (Å²) in [6.45, 7) is 4.40. The van der Waals surface area contributed by atoms with Gasteiger partial charge in [-0.05, 0) is 24.8 Å². The molecule has 9 heavy (non-hydrogen) atoms. The molecule has 2 unspecified atom stereocenters. The molecule has 1 heteroatoms. The third-order valence-corrected chi connectivity index (χ3v) is 1.89. The number of ether oxygens (including phenoxy) is 1. The van der Waals surface area contributed by atoms with Crippen molar-refractivity contribution in [2.45, 2.75) is 32.8 Å². The predicted octanol–water partition coefficient (Wildman–Crippen LogP) is 2.34. The smallest absolute Gasteiger partial charge is 0.100 e. The second kappa shape index (κ2) is 2.90. The van der Waals surface area contributed by atoms with Crippen LogP contribution < -0.4 is 0 Å².